The minimum atomic E-state index is -4.54. The van der Waals surface area contributed by atoms with Crippen LogP contribution in [0, 0.1) is 20.8 Å². The number of nitrogens with one attached hydrogen (secondary N) is 2. The number of anilines is 1. The summed E-state index contributed by atoms with van der Waals surface area (Å²) in [5, 5.41) is 10.1. The van der Waals surface area contributed by atoms with Crippen LogP contribution in [0.1, 0.15) is 33.3 Å². The standard InChI is InChI=1S/C19H20F3N7O/c1-11-8-12(2)29(28-11)17-9-16(26-13(3)27-17)23-6-7-24-18(30)14-4-5-15(25-10-14)19(20,21)22/h4-5,8-10H,6-7H2,1-3H3,(H,24,30)(H,23,26,27). The largest absolute Gasteiger partial charge is 0.433 e. The van der Waals surface area contributed by atoms with E-state index in [2.05, 4.69) is 30.7 Å². The maximum Gasteiger partial charge on any atom is 0.433 e. The van der Waals surface area contributed by atoms with Crippen LogP contribution in [0.2, 0.25) is 0 Å². The first-order valence-electron chi connectivity index (χ1n) is 9.08. The number of aromatic nitrogens is 5. The van der Waals surface area contributed by atoms with E-state index >= 15 is 0 Å². The van der Waals surface area contributed by atoms with Crippen molar-refractivity contribution in [3.8, 4) is 5.82 Å². The first-order valence-corrected chi connectivity index (χ1v) is 9.08. The quantitative estimate of drug-likeness (QED) is 0.597. The third-order valence-corrected chi connectivity index (χ3v) is 4.08. The Morgan fingerprint density at radius 3 is 2.47 bits per heavy atom. The molecule has 8 nitrogen and oxygen atoms in total. The van der Waals surface area contributed by atoms with Gasteiger partial charge in [0.05, 0.1) is 11.3 Å². The molecule has 0 saturated carbocycles. The number of alkyl halides is 3. The number of rotatable bonds is 6. The van der Waals surface area contributed by atoms with Gasteiger partial charge in [-0.2, -0.15) is 18.3 Å². The van der Waals surface area contributed by atoms with Crippen molar-refractivity contribution in [2.45, 2.75) is 26.9 Å². The number of hydrogen-bond donors (Lipinski definition) is 2. The van der Waals surface area contributed by atoms with Gasteiger partial charge in [0.1, 0.15) is 17.3 Å². The van der Waals surface area contributed by atoms with Crippen LogP contribution in [0.3, 0.4) is 0 Å². The Morgan fingerprint density at radius 2 is 1.87 bits per heavy atom. The minimum Gasteiger partial charge on any atom is -0.368 e. The summed E-state index contributed by atoms with van der Waals surface area (Å²) in [7, 11) is 0. The second kappa shape index (κ2) is 8.47. The van der Waals surface area contributed by atoms with Gasteiger partial charge < -0.3 is 10.6 Å². The van der Waals surface area contributed by atoms with Crippen molar-refractivity contribution in [1.82, 2.24) is 30.0 Å². The molecule has 0 unspecified atom stereocenters. The van der Waals surface area contributed by atoms with Crippen LogP contribution in [0.15, 0.2) is 30.5 Å². The van der Waals surface area contributed by atoms with E-state index in [1.165, 1.54) is 0 Å². The molecule has 30 heavy (non-hydrogen) atoms. The Morgan fingerprint density at radius 1 is 1.10 bits per heavy atom. The monoisotopic (exact) mass is 419 g/mol. The third-order valence-electron chi connectivity index (χ3n) is 4.08. The normalized spacial score (nSPS) is 11.4. The van der Waals surface area contributed by atoms with Gasteiger partial charge >= 0.3 is 6.18 Å². The van der Waals surface area contributed by atoms with E-state index in [0.29, 0.717) is 24.0 Å². The third kappa shape index (κ3) is 5.10. The van der Waals surface area contributed by atoms with Crippen molar-refractivity contribution in [2.75, 3.05) is 18.4 Å². The molecule has 0 aromatic carbocycles. The summed E-state index contributed by atoms with van der Waals surface area (Å²) >= 11 is 0. The molecule has 3 heterocycles. The highest BCUT2D eigenvalue weighted by Gasteiger charge is 2.32. The van der Waals surface area contributed by atoms with Gasteiger partial charge in [-0.25, -0.2) is 14.6 Å². The molecule has 3 aromatic rings. The summed E-state index contributed by atoms with van der Waals surface area (Å²) in [6.45, 7) is 6.17. The van der Waals surface area contributed by atoms with E-state index in [9.17, 15) is 18.0 Å². The van der Waals surface area contributed by atoms with E-state index in [0.717, 1.165) is 29.7 Å². The molecule has 0 bridgehead atoms. The van der Waals surface area contributed by atoms with Gasteiger partial charge in [0.2, 0.25) is 0 Å². The lowest BCUT2D eigenvalue weighted by atomic mass is 10.2. The second-order valence-electron chi connectivity index (χ2n) is 6.61. The molecule has 0 aliphatic heterocycles. The fraction of sp³-hybridized carbons (Fsp3) is 0.316. The minimum absolute atomic E-state index is 0.0488. The predicted molar refractivity (Wildman–Crippen MR) is 103 cm³/mol. The molecule has 0 radical (unpaired) electrons. The highest BCUT2D eigenvalue weighted by atomic mass is 19.4. The van der Waals surface area contributed by atoms with Crippen LogP contribution in [-0.2, 0) is 6.18 Å². The maximum absolute atomic E-state index is 12.5. The van der Waals surface area contributed by atoms with Gasteiger partial charge in [-0.15, -0.1) is 0 Å². The fourth-order valence-corrected chi connectivity index (χ4v) is 2.78. The average Bonchev–Trinajstić information content (AvgIpc) is 3.02. The summed E-state index contributed by atoms with van der Waals surface area (Å²) in [6, 6.07) is 5.55. The van der Waals surface area contributed by atoms with Gasteiger partial charge in [0, 0.05) is 31.0 Å². The molecule has 0 spiro atoms. The number of nitrogens with zero attached hydrogens (tertiary/aromatic N) is 5. The van der Waals surface area contributed by atoms with Gasteiger partial charge in [0.25, 0.3) is 5.91 Å². The zero-order valence-corrected chi connectivity index (χ0v) is 16.6. The molecule has 11 heteroatoms. The fourth-order valence-electron chi connectivity index (χ4n) is 2.78. The first kappa shape index (κ1) is 21.2. The lowest BCUT2D eigenvalue weighted by molar-refractivity contribution is -0.141. The summed E-state index contributed by atoms with van der Waals surface area (Å²) in [4.78, 5) is 24.0. The van der Waals surface area contributed by atoms with Crippen LogP contribution in [0.4, 0.5) is 19.0 Å². The molecule has 0 atom stereocenters. The van der Waals surface area contributed by atoms with Gasteiger partial charge in [-0.05, 0) is 39.0 Å². The molecule has 0 aliphatic rings. The van der Waals surface area contributed by atoms with Crippen molar-refractivity contribution in [3.63, 3.8) is 0 Å². The number of carbonyl (C=O) groups excluding carboxylic acids is 1. The number of carbonyl (C=O) groups is 1. The molecular weight excluding hydrogens is 399 g/mol. The highest BCUT2D eigenvalue weighted by molar-refractivity contribution is 5.93. The summed E-state index contributed by atoms with van der Waals surface area (Å²) in [6.07, 6.45) is -3.64. The van der Waals surface area contributed by atoms with Crippen LogP contribution >= 0.6 is 0 Å². The van der Waals surface area contributed by atoms with E-state index in [-0.39, 0.29) is 12.1 Å². The second-order valence-corrected chi connectivity index (χ2v) is 6.61. The molecule has 2 N–H and O–H groups in total. The molecule has 0 aliphatic carbocycles. The van der Waals surface area contributed by atoms with E-state index < -0.39 is 17.8 Å². The molecular formula is C19H20F3N7O. The number of aryl methyl sites for hydroxylation is 3. The molecule has 158 valence electrons. The molecule has 0 saturated heterocycles. The lowest BCUT2D eigenvalue weighted by Crippen LogP contribution is -2.29. The van der Waals surface area contributed by atoms with Crippen molar-refractivity contribution >= 4 is 11.7 Å². The Bertz CT molecular complexity index is 1050. The Balaban J connectivity index is 1.56. The number of amides is 1. The molecule has 0 fully saturated rings. The predicted octanol–water partition coefficient (Wildman–Crippen LogP) is 2.84. The zero-order valence-electron chi connectivity index (χ0n) is 16.6. The molecule has 3 rings (SSSR count). The van der Waals surface area contributed by atoms with Crippen LogP contribution < -0.4 is 10.6 Å². The van der Waals surface area contributed by atoms with Crippen LogP contribution in [-0.4, -0.2) is 43.7 Å². The van der Waals surface area contributed by atoms with Gasteiger partial charge in [-0.1, -0.05) is 0 Å². The van der Waals surface area contributed by atoms with Gasteiger partial charge in [-0.3, -0.25) is 9.78 Å². The van der Waals surface area contributed by atoms with E-state index in [4.69, 9.17) is 0 Å². The van der Waals surface area contributed by atoms with Crippen LogP contribution in [0.5, 0.6) is 0 Å². The van der Waals surface area contributed by atoms with Gasteiger partial charge in [0.15, 0.2) is 5.82 Å². The summed E-state index contributed by atoms with van der Waals surface area (Å²) < 4.78 is 39.3. The van der Waals surface area contributed by atoms with E-state index in [1.807, 2.05) is 19.9 Å². The zero-order chi connectivity index (χ0) is 21.9. The average molecular weight is 419 g/mol. The molecule has 3 aromatic heterocycles. The Kier molecular flexibility index (Phi) is 5.99. The first-order chi connectivity index (χ1) is 14.1. The lowest BCUT2D eigenvalue weighted by Gasteiger charge is -2.11. The Labute approximate surface area is 170 Å². The van der Waals surface area contributed by atoms with Crippen LogP contribution in [0.25, 0.3) is 5.82 Å². The Hall–Kier alpha value is -3.50. The number of hydrogen-bond acceptors (Lipinski definition) is 6. The van der Waals surface area contributed by atoms with Crippen molar-refractivity contribution in [1.29, 1.82) is 0 Å². The molecule has 1 amide bonds. The summed E-state index contributed by atoms with van der Waals surface area (Å²) in [5.74, 6) is 1.23. The maximum atomic E-state index is 12.5. The number of halogens is 3. The van der Waals surface area contributed by atoms with Crippen molar-refractivity contribution < 1.29 is 18.0 Å². The SMILES string of the molecule is Cc1cc(C)n(-c2cc(NCCNC(=O)c3ccc(C(F)(F)F)nc3)nc(C)n2)n1. The van der Waals surface area contributed by atoms with E-state index in [1.54, 1.807) is 17.7 Å². The highest BCUT2D eigenvalue weighted by Crippen LogP contribution is 2.27. The van der Waals surface area contributed by atoms with Crippen molar-refractivity contribution in [2.24, 2.45) is 0 Å². The summed E-state index contributed by atoms with van der Waals surface area (Å²) in [5.41, 5.74) is 0.818. The van der Waals surface area contributed by atoms with Crippen molar-refractivity contribution in [3.05, 3.63) is 58.9 Å². The topological polar surface area (TPSA) is 97.6 Å². The smallest absolute Gasteiger partial charge is 0.368 e. The number of pyridine rings is 1.